The number of hydrogen-bond donors (Lipinski definition) is 1. The molecule has 7 nitrogen and oxygen atoms in total. The summed E-state index contributed by atoms with van der Waals surface area (Å²) in [4.78, 5) is 9.94. The van der Waals surface area contributed by atoms with Gasteiger partial charge in [-0.05, 0) is 20.0 Å². The maximum Gasteiger partial charge on any atom is 0.272 e. The number of nitro groups is 1. The van der Waals surface area contributed by atoms with Gasteiger partial charge in [-0.1, -0.05) is 0 Å². The Hall–Kier alpha value is -2.48. The van der Waals surface area contributed by atoms with Gasteiger partial charge in [0, 0.05) is 19.7 Å². The number of benzene rings is 1. The van der Waals surface area contributed by atoms with E-state index >= 15 is 0 Å². The molecule has 21 heavy (non-hydrogen) atoms. The van der Waals surface area contributed by atoms with E-state index in [9.17, 15) is 14.5 Å². The lowest BCUT2D eigenvalue weighted by Crippen LogP contribution is -2.07. The predicted molar refractivity (Wildman–Crippen MR) is 73.8 cm³/mol. The summed E-state index contributed by atoms with van der Waals surface area (Å²) in [6.45, 7) is 2.34. The van der Waals surface area contributed by atoms with Gasteiger partial charge < -0.3 is 10.1 Å². The van der Waals surface area contributed by atoms with E-state index in [2.05, 4.69) is 10.4 Å². The number of nitro benzene ring substituents is 1. The van der Waals surface area contributed by atoms with Crippen molar-refractivity contribution in [1.82, 2.24) is 15.1 Å². The molecule has 0 saturated carbocycles. The smallest absolute Gasteiger partial charge is 0.272 e. The van der Waals surface area contributed by atoms with Crippen LogP contribution in [0.2, 0.25) is 0 Å². The van der Waals surface area contributed by atoms with Gasteiger partial charge in [0.2, 0.25) is 5.88 Å². The van der Waals surface area contributed by atoms with Crippen molar-refractivity contribution in [3.63, 3.8) is 0 Å². The minimum absolute atomic E-state index is 0.0825. The first-order valence-electron chi connectivity index (χ1n) is 6.23. The van der Waals surface area contributed by atoms with E-state index in [1.807, 2.05) is 6.92 Å². The molecule has 1 aromatic carbocycles. The molecule has 0 aliphatic rings. The zero-order valence-electron chi connectivity index (χ0n) is 11.9. The number of nitrogens with zero attached hydrogens (tertiary/aromatic N) is 3. The number of halogens is 1. The van der Waals surface area contributed by atoms with Crippen LogP contribution in [0.1, 0.15) is 11.3 Å². The summed E-state index contributed by atoms with van der Waals surface area (Å²) in [5.41, 5.74) is 1.25. The molecule has 0 aliphatic carbocycles. The molecule has 0 aliphatic heterocycles. The van der Waals surface area contributed by atoms with Crippen molar-refractivity contribution < 1.29 is 14.1 Å². The molecular weight excluding hydrogens is 279 g/mol. The van der Waals surface area contributed by atoms with Gasteiger partial charge >= 0.3 is 0 Å². The van der Waals surface area contributed by atoms with Crippen LogP contribution in [0.3, 0.4) is 0 Å². The maximum absolute atomic E-state index is 13.9. The molecule has 2 rings (SSSR count). The molecule has 112 valence electrons. The summed E-state index contributed by atoms with van der Waals surface area (Å²) in [5.74, 6) is -0.478. The molecule has 0 unspecified atom stereocenters. The third-order valence-electron chi connectivity index (χ3n) is 2.98. The molecular formula is C13H15FN4O3. The molecule has 0 amide bonds. The third kappa shape index (κ3) is 3.00. The normalized spacial score (nSPS) is 10.7. The Morgan fingerprint density at radius 3 is 2.81 bits per heavy atom. The lowest BCUT2D eigenvalue weighted by molar-refractivity contribution is -0.385. The molecule has 0 fully saturated rings. The summed E-state index contributed by atoms with van der Waals surface area (Å²) in [6.07, 6.45) is 0. The van der Waals surface area contributed by atoms with Crippen LogP contribution in [0, 0.1) is 22.9 Å². The van der Waals surface area contributed by atoms with Crippen LogP contribution in [0.15, 0.2) is 18.2 Å². The van der Waals surface area contributed by atoms with E-state index in [1.165, 1.54) is 16.8 Å². The molecule has 1 aromatic heterocycles. The van der Waals surface area contributed by atoms with E-state index in [1.54, 1.807) is 14.1 Å². The maximum atomic E-state index is 13.9. The number of nitrogens with one attached hydrogen (secondary N) is 1. The van der Waals surface area contributed by atoms with Gasteiger partial charge in [-0.15, -0.1) is 0 Å². The van der Waals surface area contributed by atoms with E-state index in [4.69, 9.17) is 4.74 Å². The fourth-order valence-corrected chi connectivity index (χ4v) is 1.98. The van der Waals surface area contributed by atoms with Crippen LogP contribution in [-0.2, 0) is 13.6 Å². The Morgan fingerprint density at radius 2 is 2.24 bits per heavy atom. The van der Waals surface area contributed by atoms with Crippen LogP contribution in [0.25, 0.3) is 0 Å². The van der Waals surface area contributed by atoms with Crippen molar-refractivity contribution >= 4 is 5.69 Å². The van der Waals surface area contributed by atoms with Gasteiger partial charge in [0.15, 0.2) is 11.6 Å². The molecule has 8 heteroatoms. The van der Waals surface area contributed by atoms with Crippen molar-refractivity contribution in [2.45, 2.75) is 13.5 Å². The predicted octanol–water partition coefficient (Wildman–Crippen LogP) is 2.29. The molecule has 0 spiro atoms. The number of aryl methyl sites for hydroxylation is 2. The highest BCUT2D eigenvalue weighted by molar-refractivity contribution is 5.41. The van der Waals surface area contributed by atoms with Gasteiger partial charge in [0.25, 0.3) is 5.69 Å². The van der Waals surface area contributed by atoms with Gasteiger partial charge in [0.05, 0.1) is 22.2 Å². The highest BCUT2D eigenvalue weighted by Crippen LogP contribution is 2.30. The lowest BCUT2D eigenvalue weighted by atomic mass is 10.2. The molecule has 0 bridgehead atoms. The zero-order chi connectivity index (χ0) is 15.6. The minimum Gasteiger partial charge on any atom is -0.436 e. The summed E-state index contributed by atoms with van der Waals surface area (Å²) < 4.78 is 20.9. The second-order valence-electron chi connectivity index (χ2n) is 4.50. The van der Waals surface area contributed by atoms with Crippen LogP contribution in [0.4, 0.5) is 10.1 Å². The highest BCUT2D eigenvalue weighted by Gasteiger charge is 2.18. The molecule has 2 aromatic rings. The number of non-ortho nitro benzene ring substituents is 1. The highest BCUT2D eigenvalue weighted by atomic mass is 19.1. The minimum atomic E-state index is -0.793. The summed E-state index contributed by atoms with van der Waals surface area (Å²) in [6, 6.07) is 3.26. The Bertz CT molecular complexity index is 684. The second-order valence-corrected chi connectivity index (χ2v) is 4.50. The SMILES string of the molecule is CNCc1c(C)nn(C)c1Oc1ccc([N+](=O)[O-])cc1F. The average Bonchev–Trinajstić information content (AvgIpc) is 2.68. The van der Waals surface area contributed by atoms with Crippen LogP contribution < -0.4 is 10.1 Å². The fraction of sp³-hybridized carbons (Fsp3) is 0.308. The summed E-state index contributed by atoms with van der Waals surface area (Å²) >= 11 is 0. The van der Waals surface area contributed by atoms with Crippen LogP contribution in [0.5, 0.6) is 11.6 Å². The number of aromatic nitrogens is 2. The fourth-order valence-electron chi connectivity index (χ4n) is 1.98. The molecule has 1 heterocycles. The summed E-state index contributed by atoms with van der Waals surface area (Å²) in [7, 11) is 3.47. The molecule has 1 N–H and O–H groups in total. The topological polar surface area (TPSA) is 82.2 Å². The quantitative estimate of drug-likeness (QED) is 0.675. The molecule has 0 saturated heterocycles. The van der Waals surface area contributed by atoms with Gasteiger partial charge in [-0.2, -0.15) is 5.10 Å². The molecule has 0 atom stereocenters. The molecule has 0 radical (unpaired) electrons. The Labute approximate surface area is 120 Å². The van der Waals surface area contributed by atoms with Gasteiger partial charge in [0.1, 0.15) is 0 Å². The van der Waals surface area contributed by atoms with E-state index in [0.717, 1.165) is 17.3 Å². The van der Waals surface area contributed by atoms with Crippen molar-refractivity contribution in [2.24, 2.45) is 7.05 Å². The monoisotopic (exact) mass is 294 g/mol. The van der Waals surface area contributed by atoms with E-state index in [0.29, 0.717) is 12.4 Å². The Kier molecular flexibility index (Phi) is 4.18. The average molecular weight is 294 g/mol. The van der Waals surface area contributed by atoms with Crippen molar-refractivity contribution in [1.29, 1.82) is 0 Å². The standard InChI is InChI=1S/C13H15FN4O3/c1-8-10(7-15-2)13(17(3)16-8)21-12-5-4-9(18(19)20)6-11(12)14/h4-6,15H,7H2,1-3H3. The van der Waals surface area contributed by atoms with Gasteiger partial charge in [-0.25, -0.2) is 9.07 Å². The van der Waals surface area contributed by atoms with Crippen LogP contribution >= 0.6 is 0 Å². The van der Waals surface area contributed by atoms with E-state index < -0.39 is 10.7 Å². The first-order valence-corrected chi connectivity index (χ1v) is 6.23. The van der Waals surface area contributed by atoms with Crippen molar-refractivity contribution in [3.8, 4) is 11.6 Å². The lowest BCUT2D eigenvalue weighted by Gasteiger charge is -2.09. The third-order valence-corrected chi connectivity index (χ3v) is 2.98. The Morgan fingerprint density at radius 1 is 1.52 bits per heavy atom. The summed E-state index contributed by atoms with van der Waals surface area (Å²) in [5, 5.41) is 17.8. The van der Waals surface area contributed by atoms with Gasteiger partial charge in [-0.3, -0.25) is 10.1 Å². The first kappa shape index (κ1) is 14.9. The number of ether oxygens (including phenoxy) is 1. The largest absolute Gasteiger partial charge is 0.436 e. The first-order chi connectivity index (χ1) is 9.93. The van der Waals surface area contributed by atoms with Crippen molar-refractivity contribution in [2.75, 3.05) is 7.05 Å². The number of hydrogen-bond acceptors (Lipinski definition) is 5. The number of rotatable bonds is 5. The van der Waals surface area contributed by atoms with Crippen LogP contribution in [-0.4, -0.2) is 21.8 Å². The van der Waals surface area contributed by atoms with Crippen molar-refractivity contribution in [3.05, 3.63) is 45.4 Å². The zero-order valence-corrected chi connectivity index (χ0v) is 11.9. The second kappa shape index (κ2) is 5.88. The van der Waals surface area contributed by atoms with E-state index in [-0.39, 0.29) is 11.4 Å². The Balaban J connectivity index is 2.36.